The van der Waals surface area contributed by atoms with Crippen LogP contribution in [0, 0.1) is 29.4 Å². The lowest BCUT2D eigenvalue weighted by atomic mass is 9.63. The number of fused-ring (bicyclic) bond motifs is 2. The number of carbonyl (C=O) groups is 1. The van der Waals surface area contributed by atoms with Crippen molar-refractivity contribution in [2.75, 3.05) is 0 Å². The highest BCUT2D eigenvalue weighted by molar-refractivity contribution is 5.95. The molecule has 0 saturated heterocycles. The van der Waals surface area contributed by atoms with Gasteiger partial charge in [-0.1, -0.05) is 45.1 Å². The second-order valence-corrected chi connectivity index (χ2v) is 9.57. The molecule has 2 nitrogen and oxygen atoms in total. The van der Waals surface area contributed by atoms with Crippen LogP contribution >= 0.6 is 0 Å². The lowest BCUT2D eigenvalue weighted by Gasteiger charge is -2.42. The molecule has 0 amide bonds. The highest BCUT2D eigenvalue weighted by Gasteiger charge is 2.36. The van der Waals surface area contributed by atoms with Crippen molar-refractivity contribution in [2.45, 2.75) is 77.0 Å². The maximum atomic E-state index is 14.8. The van der Waals surface area contributed by atoms with Crippen molar-refractivity contribution in [2.24, 2.45) is 17.8 Å². The third-order valence-electron chi connectivity index (χ3n) is 7.65. The van der Waals surface area contributed by atoms with Gasteiger partial charge in [-0.25, -0.2) is 13.6 Å². The zero-order valence-corrected chi connectivity index (χ0v) is 17.8. The van der Waals surface area contributed by atoms with Crippen molar-refractivity contribution >= 4 is 16.7 Å². The maximum absolute atomic E-state index is 14.8. The van der Waals surface area contributed by atoms with Crippen LogP contribution in [0.5, 0.6) is 0 Å². The molecule has 1 N–H and O–H groups in total. The summed E-state index contributed by atoms with van der Waals surface area (Å²) in [6, 6.07) is 5.70. The zero-order chi connectivity index (χ0) is 21.3. The minimum Gasteiger partial charge on any atom is -0.478 e. The Balaban J connectivity index is 1.48. The minimum atomic E-state index is -1.37. The second kappa shape index (κ2) is 9.03. The fourth-order valence-corrected chi connectivity index (χ4v) is 5.99. The Morgan fingerprint density at radius 2 is 1.73 bits per heavy atom. The highest BCUT2D eigenvalue weighted by atomic mass is 19.1. The molecule has 4 rings (SSSR count). The van der Waals surface area contributed by atoms with Crippen LogP contribution < -0.4 is 0 Å². The number of unbranched alkanes of at least 4 members (excludes halogenated alkanes) is 2. The van der Waals surface area contributed by atoms with Gasteiger partial charge in [0.2, 0.25) is 0 Å². The topological polar surface area (TPSA) is 37.3 Å². The molecule has 2 fully saturated rings. The summed E-state index contributed by atoms with van der Waals surface area (Å²) in [5.74, 6) is 0.0892. The number of hydrogen-bond acceptors (Lipinski definition) is 1. The van der Waals surface area contributed by atoms with E-state index in [0.29, 0.717) is 11.3 Å². The molecule has 2 saturated carbocycles. The second-order valence-electron chi connectivity index (χ2n) is 9.57. The molecule has 2 aliphatic rings. The molecule has 2 aromatic rings. The van der Waals surface area contributed by atoms with Crippen molar-refractivity contribution in [1.29, 1.82) is 0 Å². The van der Waals surface area contributed by atoms with Crippen LogP contribution in [-0.2, 0) is 0 Å². The van der Waals surface area contributed by atoms with Crippen molar-refractivity contribution < 1.29 is 18.7 Å². The molecular formula is C26H32F2O2. The molecule has 4 atom stereocenters. The molecule has 0 bridgehead atoms. The molecule has 2 aliphatic carbocycles. The Labute approximate surface area is 177 Å². The van der Waals surface area contributed by atoms with Crippen molar-refractivity contribution in [1.82, 2.24) is 0 Å². The van der Waals surface area contributed by atoms with Crippen molar-refractivity contribution in [3.8, 4) is 0 Å². The number of carboxylic acids is 1. The molecule has 2 aromatic carbocycles. The standard InChI is InChI=1S/C26H32F2O2/c1-2-3-4-5-16-6-7-18-11-19(9-8-17(18)10-16)20-12-21-14-25(28)23(26(29)30)15-22(21)24(27)13-20/h12-19H,2-11H2,1H3,(H,29,30). The Kier molecular flexibility index (Phi) is 6.40. The van der Waals surface area contributed by atoms with Gasteiger partial charge in [-0.3, -0.25) is 0 Å². The van der Waals surface area contributed by atoms with E-state index in [1.54, 1.807) is 6.07 Å². The predicted octanol–water partition coefficient (Wildman–Crippen LogP) is 7.70. The van der Waals surface area contributed by atoms with Crippen LogP contribution in [0.15, 0.2) is 24.3 Å². The van der Waals surface area contributed by atoms with E-state index in [2.05, 4.69) is 6.92 Å². The summed E-state index contributed by atoms with van der Waals surface area (Å²) in [5, 5.41) is 9.73. The first-order valence-electron chi connectivity index (χ1n) is 11.6. The number of aromatic carboxylic acids is 1. The number of carboxylic acid groups (broad SMARTS) is 1. The molecule has 0 heterocycles. The Morgan fingerprint density at radius 1 is 0.967 bits per heavy atom. The van der Waals surface area contributed by atoms with E-state index in [1.165, 1.54) is 57.4 Å². The van der Waals surface area contributed by atoms with Gasteiger partial charge in [0.05, 0.1) is 5.56 Å². The molecule has 4 unspecified atom stereocenters. The summed E-state index contributed by atoms with van der Waals surface area (Å²) in [4.78, 5) is 11.2. The summed E-state index contributed by atoms with van der Waals surface area (Å²) >= 11 is 0. The first-order chi connectivity index (χ1) is 14.5. The van der Waals surface area contributed by atoms with Gasteiger partial charge in [0, 0.05) is 5.39 Å². The Bertz CT molecular complexity index is 923. The third kappa shape index (κ3) is 4.38. The van der Waals surface area contributed by atoms with Crippen LogP contribution in [0.2, 0.25) is 0 Å². The SMILES string of the molecule is CCCCCC1CCC2CC(c3cc(F)c4cc(C(=O)O)c(F)cc4c3)CCC2C1. The molecule has 30 heavy (non-hydrogen) atoms. The summed E-state index contributed by atoms with van der Waals surface area (Å²) in [5.41, 5.74) is 0.455. The number of rotatable bonds is 6. The van der Waals surface area contributed by atoms with Gasteiger partial charge in [0.1, 0.15) is 11.6 Å². The van der Waals surface area contributed by atoms with E-state index < -0.39 is 23.2 Å². The van der Waals surface area contributed by atoms with E-state index >= 15 is 0 Å². The van der Waals surface area contributed by atoms with Gasteiger partial charge in [0.25, 0.3) is 0 Å². The molecule has 0 aromatic heterocycles. The third-order valence-corrected chi connectivity index (χ3v) is 7.65. The molecular weight excluding hydrogens is 382 g/mol. The van der Waals surface area contributed by atoms with Crippen LogP contribution in [-0.4, -0.2) is 11.1 Å². The quantitative estimate of drug-likeness (QED) is 0.492. The fraction of sp³-hybridized carbons (Fsp3) is 0.577. The minimum absolute atomic E-state index is 0.179. The van der Waals surface area contributed by atoms with Crippen LogP contribution in [0.25, 0.3) is 10.8 Å². The number of benzene rings is 2. The summed E-state index contributed by atoms with van der Waals surface area (Å²) in [6.07, 6.45) is 12.7. The summed E-state index contributed by atoms with van der Waals surface area (Å²) in [7, 11) is 0. The van der Waals surface area contributed by atoms with Crippen molar-refractivity contribution in [3.05, 3.63) is 47.0 Å². The number of halogens is 2. The number of hydrogen-bond donors (Lipinski definition) is 1. The first-order valence-corrected chi connectivity index (χ1v) is 11.6. The summed E-state index contributed by atoms with van der Waals surface area (Å²) in [6.45, 7) is 2.26. The van der Waals surface area contributed by atoms with Crippen molar-refractivity contribution in [3.63, 3.8) is 0 Å². The molecule has 0 radical (unpaired) electrons. The van der Waals surface area contributed by atoms with Crippen LogP contribution in [0.1, 0.15) is 93.0 Å². The van der Waals surface area contributed by atoms with E-state index in [9.17, 15) is 13.6 Å². The van der Waals surface area contributed by atoms with Gasteiger partial charge in [-0.2, -0.15) is 0 Å². The Hall–Kier alpha value is -1.97. The monoisotopic (exact) mass is 414 g/mol. The van der Waals surface area contributed by atoms with Gasteiger partial charge >= 0.3 is 5.97 Å². The lowest BCUT2D eigenvalue weighted by Crippen LogP contribution is -2.30. The van der Waals surface area contributed by atoms with E-state index in [-0.39, 0.29) is 5.39 Å². The summed E-state index contributed by atoms with van der Waals surface area (Å²) < 4.78 is 28.9. The van der Waals surface area contributed by atoms with E-state index in [0.717, 1.165) is 42.2 Å². The first kappa shape index (κ1) is 21.3. The van der Waals surface area contributed by atoms with E-state index in [1.807, 2.05) is 6.07 Å². The average molecular weight is 415 g/mol. The molecule has 0 spiro atoms. The predicted molar refractivity (Wildman–Crippen MR) is 116 cm³/mol. The van der Waals surface area contributed by atoms with Gasteiger partial charge in [-0.05, 0) is 84.9 Å². The van der Waals surface area contributed by atoms with Crippen LogP contribution in [0.3, 0.4) is 0 Å². The highest BCUT2D eigenvalue weighted by Crippen LogP contribution is 2.48. The molecule has 162 valence electrons. The van der Waals surface area contributed by atoms with Gasteiger partial charge < -0.3 is 5.11 Å². The maximum Gasteiger partial charge on any atom is 0.338 e. The fourth-order valence-electron chi connectivity index (χ4n) is 5.99. The smallest absolute Gasteiger partial charge is 0.338 e. The van der Waals surface area contributed by atoms with E-state index in [4.69, 9.17) is 5.11 Å². The molecule has 0 aliphatic heterocycles. The molecule has 4 heteroatoms. The largest absolute Gasteiger partial charge is 0.478 e. The Morgan fingerprint density at radius 3 is 2.50 bits per heavy atom. The van der Waals surface area contributed by atoms with Crippen LogP contribution in [0.4, 0.5) is 8.78 Å². The normalized spacial score (nSPS) is 26.5. The lowest BCUT2D eigenvalue weighted by molar-refractivity contribution is 0.0692. The zero-order valence-electron chi connectivity index (χ0n) is 17.8. The van der Waals surface area contributed by atoms with Gasteiger partial charge in [-0.15, -0.1) is 0 Å². The van der Waals surface area contributed by atoms with Gasteiger partial charge in [0.15, 0.2) is 0 Å². The average Bonchev–Trinajstić information content (AvgIpc) is 2.72.